The molecule has 6 heteroatoms. The lowest BCUT2D eigenvalue weighted by Crippen LogP contribution is -2.42. The molecule has 0 bridgehead atoms. The van der Waals surface area contributed by atoms with Crippen LogP contribution in [-0.2, 0) is 24.1 Å². The number of hydrogen-bond donors (Lipinski definition) is 1. The fraction of sp³-hybridized carbons (Fsp3) is 0.765. The van der Waals surface area contributed by atoms with Gasteiger partial charge >= 0.3 is 11.9 Å². The van der Waals surface area contributed by atoms with Crippen LogP contribution in [0.1, 0.15) is 67.7 Å². The highest BCUT2D eigenvalue weighted by Gasteiger charge is 2.37. The van der Waals surface area contributed by atoms with E-state index in [-0.39, 0.29) is 5.57 Å². The summed E-state index contributed by atoms with van der Waals surface area (Å²) in [4.78, 5) is 33.5. The zero-order chi connectivity index (χ0) is 18.5. The number of aliphatic carboxylic acids is 1. The number of carboxylic acid groups (broad SMARTS) is 1. The van der Waals surface area contributed by atoms with Crippen molar-refractivity contribution in [2.24, 2.45) is 0 Å². The molecule has 0 rings (SSSR count). The summed E-state index contributed by atoms with van der Waals surface area (Å²) >= 11 is 0. The van der Waals surface area contributed by atoms with Gasteiger partial charge in [0.1, 0.15) is 11.2 Å². The Morgan fingerprint density at radius 3 is 1.96 bits per heavy atom. The Kier molecular flexibility index (Phi) is 7.44. The molecule has 134 valence electrons. The van der Waals surface area contributed by atoms with Crippen LogP contribution in [0.15, 0.2) is 12.2 Å². The monoisotopic (exact) mass is 330 g/mol. The van der Waals surface area contributed by atoms with E-state index in [0.29, 0.717) is 12.8 Å². The second kappa shape index (κ2) is 7.93. The third-order valence-electron chi connectivity index (χ3n) is 3.06. The van der Waals surface area contributed by atoms with Gasteiger partial charge in [0.15, 0.2) is 0 Å². The molecule has 0 amide bonds. The van der Waals surface area contributed by atoms with E-state index in [1.807, 2.05) is 41.5 Å². The number of rotatable bonds is 9. The van der Waals surface area contributed by atoms with Crippen molar-refractivity contribution in [2.75, 3.05) is 0 Å². The molecule has 0 saturated heterocycles. The summed E-state index contributed by atoms with van der Waals surface area (Å²) in [7, 11) is 0. The number of carbonyl (C=O) groups excluding carboxylic acids is 1. The third-order valence-corrected chi connectivity index (χ3v) is 3.06. The maximum Gasteiger partial charge on any atom is 0.334 e. The summed E-state index contributed by atoms with van der Waals surface area (Å²) in [6, 6.07) is 0. The fourth-order valence-corrected chi connectivity index (χ4v) is 1.95. The van der Waals surface area contributed by atoms with Crippen molar-refractivity contribution in [1.82, 2.24) is 0 Å². The van der Waals surface area contributed by atoms with Crippen molar-refractivity contribution in [2.45, 2.75) is 84.5 Å². The number of carbonyl (C=O) groups is 2. The van der Waals surface area contributed by atoms with Crippen LogP contribution in [0, 0.1) is 0 Å². The molecule has 0 saturated carbocycles. The van der Waals surface area contributed by atoms with E-state index in [0.717, 1.165) is 0 Å². The zero-order valence-corrected chi connectivity index (χ0v) is 15.3. The molecule has 0 fully saturated rings. The SMILES string of the molecule is C=C(CC(=O)O)C(=O)OC(C)(CC)CC(C)(C)OOC(C)(C)C. The maximum atomic E-state index is 12.0. The Bertz CT molecular complexity index is 446. The molecule has 0 aromatic carbocycles. The highest BCUT2D eigenvalue weighted by molar-refractivity contribution is 5.93. The van der Waals surface area contributed by atoms with Crippen molar-refractivity contribution >= 4 is 11.9 Å². The second-order valence-electron chi connectivity index (χ2n) is 7.58. The Balaban J connectivity index is 4.85. The summed E-state index contributed by atoms with van der Waals surface area (Å²) in [5, 5.41) is 8.72. The Morgan fingerprint density at radius 1 is 1.04 bits per heavy atom. The highest BCUT2D eigenvalue weighted by atomic mass is 17.2. The summed E-state index contributed by atoms with van der Waals surface area (Å²) in [5.74, 6) is -1.82. The van der Waals surface area contributed by atoms with Crippen LogP contribution in [0.3, 0.4) is 0 Å². The average molecular weight is 330 g/mol. The van der Waals surface area contributed by atoms with E-state index in [4.69, 9.17) is 19.6 Å². The lowest BCUT2D eigenvalue weighted by atomic mass is 9.88. The van der Waals surface area contributed by atoms with E-state index >= 15 is 0 Å². The molecule has 23 heavy (non-hydrogen) atoms. The molecule has 0 spiro atoms. The van der Waals surface area contributed by atoms with Crippen LogP contribution in [0.5, 0.6) is 0 Å². The number of carboxylic acids is 1. The molecule has 6 nitrogen and oxygen atoms in total. The zero-order valence-electron chi connectivity index (χ0n) is 15.3. The van der Waals surface area contributed by atoms with Crippen molar-refractivity contribution in [3.8, 4) is 0 Å². The molecule has 0 aliphatic heterocycles. The summed E-state index contributed by atoms with van der Waals surface area (Å²) in [6.45, 7) is 16.4. The lowest BCUT2D eigenvalue weighted by Gasteiger charge is -2.37. The van der Waals surface area contributed by atoms with E-state index in [1.54, 1.807) is 6.92 Å². The van der Waals surface area contributed by atoms with Gasteiger partial charge in [-0.3, -0.25) is 4.79 Å². The first-order valence-electron chi connectivity index (χ1n) is 7.69. The largest absolute Gasteiger partial charge is 0.481 e. The summed E-state index contributed by atoms with van der Waals surface area (Å²) < 4.78 is 5.48. The van der Waals surface area contributed by atoms with Gasteiger partial charge in [-0.05, 0) is 48.0 Å². The van der Waals surface area contributed by atoms with E-state index < -0.39 is 35.2 Å². The smallest absolute Gasteiger partial charge is 0.334 e. The van der Waals surface area contributed by atoms with Crippen LogP contribution in [0.4, 0.5) is 0 Å². The fourth-order valence-electron chi connectivity index (χ4n) is 1.95. The first kappa shape index (κ1) is 21.6. The predicted molar refractivity (Wildman–Crippen MR) is 86.8 cm³/mol. The first-order chi connectivity index (χ1) is 10.2. The molecule has 0 radical (unpaired) electrons. The predicted octanol–water partition coefficient (Wildman–Crippen LogP) is 3.64. The van der Waals surface area contributed by atoms with Crippen molar-refractivity contribution in [3.63, 3.8) is 0 Å². The van der Waals surface area contributed by atoms with Crippen LogP contribution in [0.2, 0.25) is 0 Å². The average Bonchev–Trinajstić information content (AvgIpc) is 2.34. The molecule has 1 N–H and O–H groups in total. The molecule has 1 unspecified atom stereocenters. The van der Waals surface area contributed by atoms with Crippen LogP contribution in [0.25, 0.3) is 0 Å². The normalized spacial score (nSPS) is 14.9. The number of esters is 1. The highest BCUT2D eigenvalue weighted by Crippen LogP contribution is 2.31. The summed E-state index contributed by atoms with van der Waals surface area (Å²) in [6.07, 6.45) is 0.492. The second-order valence-corrected chi connectivity index (χ2v) is 7.58. The molecule has 1 atom stereocenters. The van der Waals surface area contributed by atoms with E-state index in [1.165, 1.54) is 0 Å². The summed E-state index contributed by atoms with van der Waals surface area (Å²) in [5.41, 5.74) is -2.04. The third kappa shape index (κ3) is 9.36. The Morgan fingerprint density at radius 2 is 1.57 bits per heavy atom. The minimum absolute atomic E-state index is 0.0816. The first-order valence-corrected chi connectivity index (χ1v) is 7.69. The van der Waals surface area contributed by atoms with Gasteiger partial charge in [-0.1, -0.05) is 13.5 Å². The van der Waals surface area contributed by atoms with Crippen molar-refractivity contribution < 1.29 is 29.2 Å². The molecule has 0 aliphatic carbocycles. The van der Waals surface area contributed by atoms with Gasteiger partial charge in [-0.15, -0.1) is 0 Å². The van der Waals surface area contributed by atoms with Gasteiger partial charge in [-0.25, -0.2) is 14.6 Å². The van der Waals surface area contributed by atoms with Crippen LogP contribution in [-0.4, -0.2) is 33.8 Å². The standard InChI is InChI=1S/C17H30O6/c1-9-17(8,21-14(20)12(2)10-13(18)19)11-16(6,7)23-22-15(3,4)5/h2,9-11H2,1,3-8H3,(H,18,19). The quantitative estimate of drug-likeness (QED) is 0.301. The van der Waals surface area contributed by atoms with Gasteiger partial charge in [-0.2, -0.15) is 0 Å². The van der Waals surface area contributed by atoms with Crippen molar-refractivity contribution in [3.05, 3.63) is 12.2 Å². The molecule has 0 heterocycles. The molecular weight excluding hydrogens is 300 g/mol. The lowest BCUT2D eigenvalue weighted by molar-refractivity contribution is -0.401. The van der Waals surface area contributed by atoms with E-state index in [9.17, 15) is 9.59 Å². The number of hydrogen-bond acceptors (Lipinski definition) is 5. The Labute approximate surface area is 138 Å². The van der Waals surface area contributed by atoms with Crippen molar-refractivity contribution in [1.29, 1.82) is 0 Å². The van der Waals surface area contributed by atoms with Gasteiger partial charge in [0.05, 0.1) is 12.0 Å². The topological polar surface area (TPSA) is 82.1 Å². The van der Waals surface area contributed by atoms with Gasteiger partial charge in [0.2, 0.25) is 0 Å². The molecule has 0 aromatic heterocycles. The van der Waals surface area contributed by atoms with Crippen LogP contribution < -0.4 is 0 Å². The molecule has 0 aromatic rings. The minimum Gasteiger partial charge on any atom is -0.481 e. The van der Waals surface area contributed by atoms with Gasteiger partial charge in [0.25, 0.3) is 0 Å². The van der Waals surface area contributed by atoms with Crippen LogP contribution >= 0.6 is 0 Å². The molecular formula is C17H30O6. The Hall–Kier alpha value is -1.40. The number of ether oxygens (including phenoxy) is 1. The van der Waals surface area contributed by atoms with Gasteiger partial charge < -0.3 is 9.84 Å². The maximum absolute atomic E-state index is 12.0. The van der Waals surface area contributed by atoms with Gasteiger partial charge in [0, 0.05) is 12.0 Å². The van der Waals surface area contributed by atoms with E-state index in [2.05, 4.69) is 6.58 Å². The minimum atomic E-state index is -1.12. The molecule has 0 aliphatic rings.